The van der Waals surface area contributed by atoms with Gasteiger partial charge in [-0.2, -0.15) is 0 Å². The van der Waals surface area contributed by atoms with Gasteiger partial charge in [0.1, 0.15) is 35.4 Å². The van der Waals surface area contributed by atoms with Crippen molar-refractivity contribution in [1.29, 1.82) is 0 Å². The van der Waals surface area contributed by atoms with Crippen LogP contribution < -0.4 is 15.0 Å². The van der Waals surface area contributed by atoms with E-state index in [1.807, 2.05) is 78.9 Å². The van der Waals surface area contributed by atoms with Crippen molar-refractivity contribution in [3.63, 3.8) is 0 Å². The van der Waals surface area contributed by atoms with Gasteiger partial charge in [0.15, 0.2) is 17.4 Å². The van der Waals surface area contributed by atoms with E-state index in [0.29, 0.717) is 11.5 Å². The van der Waals surface area contributed by atoms with Crippen molar-refractivity contribution in [2.75, 3.05) is 20.8 Å². The van der Waals surface area contributed by atoms with Gasteiger partial charge in [0.05, 0.1) is 33.5 Å². The molecule has 11 heteroatoms. The molecule has 5 aromatic rings. The Labute approximate surface area is 240 Å². The molecule has 1 saturated heterocycles. The lowest BCUT2D eigenvalue weighted by Crippen LogP contribution is -2.39. The summed E-state index contributed by atoms with van der Waals surface area (Å²) in [5.41, 5.74) is 1.24. The molecule has 0 radical (unpaired) electrons. The molecule has 1 fully saturated rings. The fourth-order valence-corrected chi connectivity index (χ4v) is 5.43. The second-order valence-electron chi connectivity index (χ2n) is 9.92. The molecular weight excluding hydrogens is 540 g/mol. The molecule has 3 heterocycles. The summed E-state index contributed by atoms with van der Waals surface area (Å²) in [5.74, 6) is 1.38. The topological polar surface area (TPSA) is 141 Å². The molecule has 11 nitrogen and oxygen atoms in total. The molecule has 0 spiro atoms. The monoisotopic (exact) mass is 570 g/mol. The average molecular weight is 571 g/mol. The number of aliphatic hydroxyl groups excluding tert-OH is 2. The van der Waals surface area contributed by atoms with Crippen molar-refractivity contribution in [1.82, 2.24) is 19.5 Å². The van der Waals surface area contributed by atoms with E-state index in [9.17, 15) is 15.0 Å². The smallest absolute Gasteiger partial charge is 0.278 e. The van der Waals surface area contributed by atoms with E-state index >= 15 is 0 Å². The quantitative estimate of drug-likeness (QED) is 0.228. The van der Waals surface area contributed by atoms with E-state index in [0.717, 1.165) is 16.7 Å². The molecule has 3 N–H and O–H groups in total. The first-order valence-electron chi connectivity index (χ1n) is 13.4. The fourth-order valence-electron chi connectivity index (χ4n) is 5.43. The molecule has 6 rings (SSSR count). The molecule has 1 aliphatic heterocycles. The van der Waals surface area contributed by atoms with Crippen molar-refractivity contribution in [2.45, 2.75) is 30.1 Å². The number of imidazole rings is 1. The van der Waals surface area contributed by atoms with Crippen LogP contribution in [0, 0.1) is 0 Å². The zero-order valence-corrected chi connectivity index (χ0v) is 23.0. The van der Waals surface area contributed by atoms with Crippen molar-refractivity contribution in [2.24, 2.45) is 0 Å². The van der Waals surface area contributed by atoms with Crippen LogP contribution >= 0.6 is 0 Å². The van der Waals surface area contributed by atoms with Crippen molar-refractivity contribution < 1.29 is 29.2 Å². The van der Waals surface area contributed by atoms with Crippen molar-refractivity contribution >= 4 is 11.2 Å². The summed E-state index contributed by atoms with van der Waals surface area (Å²) in [5, 5.41) is 22.1. The van der Waals surface area contributed by atoms with Gasteiger partial charge < -0.3 is 34.1 Å². The van der Waals surface area contributed by atoms with E-state index < -0.39 is 35.7 Å². The number of benzene rings is 3. The Morgan fingerprint density at radius 1 is 0.857 bits per heavy atom. The van der Waals surface area contributed by atoms with Gasteiger partial charge in [-0.1, -0.05) is 54.6 Å². The Morgan fingerprint density at radius 2 is 1.45 bits per heavy atom. The Bertz CT molecular complexity index is 1660. The van der Waals surface area contributed by atoms with Gasteiger partial charge >= 0.3 is 0 Å². The normalized spacial score (nSPS) is 20.6. The second-order valence-corrected chi connectivity index (χ2v) is 9.92. The predicted octanol–water partition coefficient (Wildman–Crippen LogP) is 2.76. The van der Waals surface area contributed by atoms with Gasteiger partial charge in [-0.25, -0.2) is 9.97 Å². The summed E-state index contributed by atoms with van der Waals surface area (Å²) in [6.45, 7) is -0.0949. The number of ether oxygens (including phenoxy) is 4. The van der Waals surface area contributed by atoms with Gasteiger partial charge in [0.2, 0.25) is 0 Å². The summed E-state index contributed by atoms with van der Waals surface area (Å²) in [4.78, 5) is 22.9. The fraction of sp³-hybridized carbons (Fsp3) is 0.258. The number of hydrogen-bond donors (Lipinski definition) is 3. The minimum absolute atomic E-state index is 0.0949. The number of nitrogens with zero attached hydrogens (tertiary/aromatic N) is 3. The zero-order chi connectivity index (χ0) is 29.3. The highest BCUT2D eigenvalue weighted by molar-refractivity contribution is 5.68. The van der Waals surface area contributed by atoms with E-state index in [2.05, 4.69) is 15.0 Å². The number of aliphatic hydroxyl groups is 2. The molecule has 4 atom stereocenters. The number of aromatic nitrogens is 4. The highest BCUT2D eigenvalue weighted by atomic mass is 16.6. The highest BCUT2D eigenvalue weighted by Crippen LogP contribution is 2.43. The van der Waals surface area contributed by atoms with Crippen LogP contribution in [0.15, 0.2) is 96.3 Å². The van der Waals surface area contributed by atoms with Gasteiger partial charge in [0.25, 0.3) is 5.56 Å². The third-order valence-corrected chi connectivity index (χ3v) is 7.61. The number of nitrogens with one attached hydrogen (secondary N) is 1. The maximum absolute atomic E-state index is 12.2. The first kappa shape index (κ1) is 27.6. The Balaban J connectivity index is 1.39. The van der Waals surface area contributed by atoms with Crippen LogP contribution in [-0.2, 0) is 15.1 Å². The third-order valence-electron chi connectivity index (χ3n) is 7.61. The lowest BCUT2D eigenvalue weighted by atomic mass is 9.80. The Hall–Kier alpha value is -4.55. The largest absolute Gasteiger partial charge is 0.497 e. The molecule has 0 unspecified atom stereocenters. The van der Waals surface area contributed by atoms with E-state index in [4.69, 9.17) is 18.9 Å². The second kappa shape index (κ2) is 11.4. The summed E-state index contributed by atoms with van der Waals surface area (Å²) in [7, 11) is 3.21. The molecule has 42 heavy (non-hydrogen) atoms. The molecule has 2 aromatic heterocycles. The first-order chi connectivity index (χ1) is 20.5. The SMILES string of the molecule is COc1ccc(C(OC[C@@H]2O[C@@H](n3cnc4c(=O)[nH]cnc43)[C@@H](O)[C@@H]2O)(c2ccccc2)c2ccc(OC)cc2)cc1. The zero-order valence-electron chi connectivity index (χ0n) is 23.0. The average Bonchev–Trinajstić information content (AvgIpc) is 3.59. The summed E-state index contributed by atoms with van der Waals surface area (Å²) < 4.78 is 25.2. The van der Waals surface area contributed by atoms with E-state index in [1.54, 1.807) is 14.2 Å². The van der Waals surface area contributed by atoms with Crippen LogP contribution in [-0.4, -0.2) is 68.9 Å². The minimum Gasteiger partial charge on any atom is -0.497 e. The van der Waals surface area contributed by atoms with E-state index in [1.165, 1.54) is 17.2 Å². The van der Waals surface area contributed by atoms with Gasteiger partial charge in [-0.3, -0.25) is 9.36 Å². The number of rotatable bonds is 9. The van der Waals surface area contributed by atoms with Crippen LogP contribution in [0.2, 0.25) is 0 Å². The van der Waals surface area contributed by atoms with Gasteiger partial charge in [-0.15, -0.1) is 0 Å². The maximum atomic E-state index is 12.2. The Morgan fingerprint density at radius 3 is 2.05 bits per heavy atom. The lowest BCUT2D eigenvalue weighted by molar-refractivity contribution is -0.0942. The molecule has 0 aliphatic carbocycles. The number of H-pyrrole nitrogens is 1. The number of methoxy groups -OCH3 is 2. The van der Waals surface area contributed by atoms with Gasteiger partial charge in [0, 0.05) is 0 Å². The highest BCUT2D eigenvalue weighted by Gasteiger charge is 2.47. The van der Waals surface area contributed by atoms with Crippen molar-refractivity contribution in [3.8, 4) is 11.5 Å². The van der Waals surface area contributed by atoms with Crippen LogP contribution in [0.4, 0.5) is 0 Å². The van der Waals surface area contributed by atoms with Crippen molar-refractivity contribution in [3.05, 3.63) is 119 Å². The standard InChI is InChI=1S/C31H30N4O7/c1-39-22-12-8-20(9-13-22)31(19-6-4-3-5-7-19,21-10-14-23(40-2)15-11-21)41-16-24-26(36)27(37)30(42-24)35-18-34-25-28(35)32-17-33-29(25)38/h3-15,17-18,24,26-27,30,36-37H,16H2,1-2H3,(H,32,33,38)/t24-,26+,27-,30+/m0/s1. The molecule has 1 aliphatic rings. The molecular formula is C31H30N4O7. The molecule has 0 amide bonds. The molecule has 0 saturated carbocycles. The predicted molar refractivity (Wildman–Crippen MR) is 152 cm³/mol. The number of hydrogen-bond acceptors (Lipinski definition) is 9. The summed E-state index contributed by atoms with van der Waals surface area (Å²) >= 11 is 0. The molecule has 216 valence electrons. The first-order valence-corrected chi connectivity index (χ1v) is 13.4. The number of fused-ring (bicyclic) bond motifs is 1. The third kappa shape index (κ3) is 4.72. The Kier molecular flexibility index (Phi) is 7.48. The van der Waals surface area contributed by atoms with Crippen LogP contribution in [0.3, 0.4) is 0 Å². The van der Waals surface area contributed by atoms with Crippen LogP contribution in [0.25, 0.3) is 11.2 Å². The summed E-state index contributed by atoms with van der Waals surface area (Å²) in [6.07, 6.45) is -1.98. The van der Waals surface area contributed by atoms with Crippen LogP contribution in [0.5, 0.6) is 11.5 Å². The van der Waals surface area contributed by atoms with Gasteiger partial charge in [-0.05, 0) is 41.0 Å². The van der Waals surface area contributed by atoms with E-state index in [-0.39, 0.29) is 17.8 Å². The minimum atomic E-state index is -1.33. The molecule has 3 aromatic carbocycles. The maximum Gasteiger partial charge on any atom is 0.278 e. The summed E-state index contributed by atoms with van der Waals surface area (Å²) in [6, 6.07) is 24.9. The lowest BCUT2D eigenvalue weighted by Gasteiger charge is -2.37. The number of aromatic amines is 1. The van der Waals surface area contributed by atoms with Crippen LogP contribution in [0.1, 0.15) is 22.9 Å². The molecule has 0 bridgehead atoms.